The van der Waals surface area contributed by atoms with Crippen LogP contribution in [0.25, 0.3) is 0 Å². The van der Waals surface area contributed by atoms with Gasteiger partial charge in [-0.1, -0.05) is 29.8 Å². The molecule has 2 aliphatic heterocycles. The highest BCUT2D eigenvalue weighted by molar-refractivity contribution is 7.93. The number of carbonyl (C=O) groups is 1. The van der Waals surface area contributed by atoms with E-state index in [1.54, 1.807) is 24.3 Å². The third-order valence-corrected chi connectivity index (χ3v) is 7.43. The molecule has 0 fully saturated rings. The number of anilines is 1. The number of para-hydroxylation sites is 1. The van der Waals surface area contributed by atoms with Crippen molar-refractivity contribution in [3.05, 3.63) is 76.8 Å². The predicted octanol–water partition coefficient (Wildman–Crippen LogP) is 4.04. The van der Waals surface area contributed by atoms with Gasteiger partial charge >= 0.3 is 5.97 Å². The Hall–Kier alpha value is -3.23. The number of esters is 1. The Kier molecular flexibility index (Phi) is 4.75. The van der Waals surface area contributed by atoms with Crippen LogP contribution in [0.4, 0.5) is 5.69 Å². The zero-order chi connectivity index (χ0) is 21.6. The number of hydrogen-bond donors (Lipinski definition) is 0. The molecule has 0 saturated heterocycles. The maximum absolute atomic E-state index is 13.3. The molecular formula is C22H16ClNO6S. The van der Waals surface area contributed by atoms with Crippen LogP contribution in [0.15, 0.2) is 65.6 Å². The molecule has 0 unspecified atom stereocenters. The largest absolute Gasteiger partial charge is 0.454 e. The molecular weight excluding hydrogens is 442 g/mol. The highest BCUT2D eigenvalue weighted by Crippen LogP contribution is 2.37. The monoisotopic (exact) mass is 457 g/mol. The summed E-state index contributed by atoms with van der Waals surface area (Å²) in [5.41, 5.74) is 1.63. The highest BCUT2D eigenvalue weighted by atomic mass is 35.5. The Morgan fingerprint density at radius 3 is 2.68 bits per heavy atom. The van der Waals surface area contributed by atoms with E-state index in [-0.39, 0.29) is 28.0 Å². The van der Waals surface area contributed by atoms with E-state index in [4.69, 9.17) is 25.8 Å². The van der Waals surface area contributed by atoms with Gasteiger partial charge < -0.3 is 14.2 Å². The topological polar surface area (TPSA) is 82.1 Å². The van der Waals surface area contributed by atoms with Crippen LogP contribution < -0.4 is 18.5 Å². The summed E-state index contributed by atoms with van der Waals surface area (Å²) in [5.74, 6) is 0.568. The SMILES string of the molecule is O=C(Oc1ccc2c(c1)OCO2)c1ccc(Cl)c(S(=O)(=O)N2CCc3ccccc32)c1. The molecule has 0 spiro atoms. The molecule has 0 saturated carbocycles. The van der Waals surface area contributed by atoms with Crippen LogP contribution >= 0.6 is 11.6 Å². The molecule has 3 aromatic rings. The van der Waals surface area contributed by atoms with Crippen LogP contribution in [0.3, 0.4) is 0 Å². The third kappa shape index (κ3) is 3.47. The number of halogens is 1. The number of rotatable bonds is 4. The van der Waals surface area contributed by atoms with Gasteiger partial charge in [0.05, 0.1) is 16.3 Å². The number of hydrogen-bond acceptors (Lipinski definition) is 6. The maximum Gasteiger partial charge on any atom is 0.343 e. The van der Waals surface area contributed by atoms with Crippen molar-refractivity contribution in [1.82, 2.24) is 0 Å². The van der Waals surface area contributed by atoms with Gasteiger partial charge in [0.2, 0.25) is 6.79 Å². The zero-order valence-electron chi connectivity index (χ0n) is 16.1. The van der Waals surface area contributed by atoms with Crippen molar-refractivity contribution < 1.29 is 27.4 Å². The minimum absolute atomic E-state index is 0.0315. The van der Waals surface area contributed by atoms with Crippen molar-refractivity contribution in [2.45, 2.75) is 11.3 Å². The van der Waals surface area contributed by atoms with E-state index in [2.05, 4.69) is 0 Å². The summed E-state index contributed by atoms with van der Waals surface area (Å²) in [7, 11) is -3.96. The van der Waals surface area contributed by atoms with Gasteiger partial charge in [0.1, 0.15) is 10.6 Å². The Morgan fingerprint density at radius 1 is 1.00 bits per heavy atom. The fourth-order valence-electron chi connectivity index (χ4n) is 3.61. The van der Waals surface area contributed by atoms with Crippen LogP contribution in [0.5, 0.6) is 17.2 Å². The van der Waals surface area contributed by atoms with Crippen molar-refractivity contribution in [2.24, 2.45) is 0 Å². The van der Waals surface area contributed by atoms with E-state index < -0.39 is 16.0 Å². The standard InChI is InChI=1S/C22H16ClNO6S/c23-17-7-5-15(22(25)30-16-6-8-19-20(12-16)29-13-28-19)11-21(17)31(26,27)24-10-9-14-3-1-2-4-18(14)24/h1-8,11-12H,9-10,13H2. The third-order valence-electron chi connectivity index (χ3n) is 5.13. The Balaban J connectivity index is 1.45. The molecule has 9 heteroatoms. The van der Waals surface area contributed by atoms with Gasteiger partial charge in [0.15, 0.2) is 11.5 Å². The van der Waals surface area contributed by atoms with Gasteiger partial charge in [-0.2, -0.15) is 0 Å². The summed E-state index contributed by atoms with van der Waals surface area (Å²) in [6.45, 7) is 0.411. The van der Waals surface area contributed by atoms with Crippen LogP contribution in [0, 0.1) is 0 Å². The zero-order valence-corrected chi connectivity index (χ0v) is 17.7. The first-order valence-corrected chi connectivity index (χ1v) is 11.3. The minimum atomic E-state index is -3.96. The normalized spacial score (nSPS) is 14.4. The van der Waals surface area contributed by atoms with Gasteiger partial charge in [-0.25, -0.2) is 13.2 Å². The van der Waals surface area contributed by atoms with Crippen molar-refractivity contribution in [3.8, 4) is 17.2 Å². The van der Waals surface area contributed by atoms with Crippen LogP contribution in [-0.4, -0.2) is 27.7 Å². The fraction of sp³-hybridized carbons (Fsp3) is 0.136. The number of carbonyl (C=O) groups excluding carboxylic acids is 1. The molecule has 0 aliphatic carbocycles. The summed E-state index contributed by atoms with van der Waals surface area (Å²) in [4.78, 5) is 12.5. The van der Waals surface area contributed by atoms with Crippen LogP contribution in [0.2, 0.25) is 5.02 Å². The summed E-state index contributed by atoms with van der Waals surface area (Å²) in [5, 5.41) is 0.0315. The lowest BCUT2D eigenvalue weighted by atomic mass is 10.2. The van der Waals surface area contributed by atoms with Gasteiger partial charge in [-0.3, -0.25) is 4.31 Å². The van der Waals surface area contributed by atoms with E-state index in [0.717, 1.165) is 5.56 Å². The second-order valence-corrected chi connectivity index (χ2v) is 9.24. The van der Waals surface area contributed by atoms with Gasteiger partial charge in [0.25, 0.3) is 10.0 Å². The first-order valence-electron chi connectivity index (χ1n) is 9.45. The molecule has 0 amide bonds. The van der Waals surface area contributed by atoms with E-state index in [1.807, 2.05) is 12.1 Å². The predicted molar refractivity (Wildman–Crippen MR) is 114 cm³/mol. The second-order valence-electron chi connectivity index (χ2n) is 7.01. The molecule has 3 aromatic carbocycles. The summed E-state index contributed by atoms with van der Waals surface area (Å²) >= 11 is 6.23. The Morgan fingerprint density at radius 2 is 1.81 bits per heavy atom. The van der Waals surface area contributed by atoms with Crippen LogP contribution in [-0.2, 0) is 16.4 Å². The van der Waals surface area contributed by atoms with E-state index in [9.17, 15) is 13.2 Å². The average molecular weight is 458 g/mol. The lowest BCUT2D eigenvalue weighted by Crippen LogP contribution is -2.29. The molecule has 0 bridgehead atoms. The molecule has 31 heavy (non-hydrogen) atoms. The van der Waals surface area contributed by atoms with E-state index in [1.165, 1.54) is 28.6 Å². The summed E-state index contributed by atoms with van der Waals surface area (Å²) in [6.07, 6.45) is 0.610. The first kappa shape index (κ1) is 19.7. The second kappa shape index (κ2) is 7.47. The molecule has 0 N–H and O–H groups in total. The molecule has 2 aliphatic rings. The molecule has 2 heterocycles. The van der Waals surface area contributed by atoms with Gasteiger partial charge in [-0.15, -0.1) is 0 Å². The molecule has 0 radical (unpaired) electrons. The van der Waals surface area contributed by atoms with Crippen molar-refractivity contribution in [1.29, 1.82) is 0 Å². The summed E-state index contributed by atoms with van der Waals surface area (Å²) in [6, 6.07) is 16.1. The maximum atomic E-state index is 13.3. The number of ether oxygens (including phenoxy) is 3. The van der Waals surface area contributed by atoms with Crippen molar-refractivity contribution in [3.63, 3.8) is 0 Å². The molecule has 158 valence electrons. The quantitative estimate of drug-likeness (QED) is 0.434. The molecule has 0 atom stereocenters. The van der Waals surface area contributed by atoms with E-state index in [0.29, 0.717) is 30.2 Å². The Labute approximate surface area is 183 Å². The Bertz CT molecular complexity index is 1310. The number of benzene rings is 3. The van der Waals surface area contributed by atoms with Gasteiger partial charge in [-0.05, 0) is 48.4 Å². The smallest absolute Gasteiger partial charge is 0.343 e. The van der Waals surface area contributed by atoms with Crippen molar-refractivity contribution >= 4 is 33.3 Å². The minimum Gasteiger partial charge on any atom is -0.454 e. The van der Waals surface area contributed by atoms with Gasteiger partial charge in [0, 0.05) is 12.6 Å². The van der Waals surface area contributed by atoms with Crippen LogP contribution in [0.1, 0.15) is 15.9 Å². The first-order chi connectivity index (χ1) is 14.9. The molecule has 0 aromatic heterocycles. The highest BCUT2D eigenvalue weighted by Gasteiger charge is 2.32. The number of fused-ring (bicyclic) bond motifs is 2. The lowest BCUT2D eigenvalue weighted by Gasteiger charge is -2.20. The van der Waals surface area contributed by atoms with E-state index >= 15 is 0 Å². The lowest BCUT2D eigenvalue weighted by molar-refractivity contribution is 0.0734. The number of nitrogens with zero attached hydrogens (tertiary/aromatic N) is 1. The molecule has 7 nitrogen and oxygen atoms in total. The number of sulfonamides is 1. The average Bonchev–Trinajstić information content (AvgIpc) is 3.40. The molecule has 5 rings (SSSR count). The fourth-order valence-corrected chi connectivity index (χ4v) is 5.62. The summed E-state index contributed by atoms with van der Waals surface area (Å²) < 4.78 is 43.9. The van der Waals surface area contributed by atoms with Crippen molar-refractivity contribution in [2.75, 3.05) is 17.6 Å².